The van der Waals surface area contributed by atoms with E-state index >= 15 is 0 Å². The number of nitrogens with zero attached hydrogens (tertiary/aromatic N) is 1. The highest BCUT2D eigenvalue weighted by Gasteiger charge is 1.85. The van der Waals surface area contributed by atoms with Crippen molar-refractivity contribution in [3.05, 3.63) is 0 Å². The molecule has 48 valence electrons. The number of halogens is 1. The highest BCUT2D eigenvalue weighted by atomic mass is 19.1. The van der Waals surface area contributed by atoms with Crippen molar-refractivity contribution >= 4 is 6.21 Å². The predicted octanol–water partition coefficient (Wildman–Crippen LogP) is 1.68. The molecule has 0 atom stereocenters. The summed E-state index contributed by atoms with van der Waals surface area (Å²) >= 11 is 0. The minimum absolute atomic E-state index is 0.438. The van der Waals surface area contributed by atoms with Crippen molar-refractivity contribution in [1.82, 2.24) is 0 Å². The lowest BCUT2D eigenvalue weighted by molar-refractivity contribution is 0.583. The van der Waals surface area contributed by atoms with E-state index < -0.39 is 6.67 Å². The molecule has 0 aliphatic carbocycles. The average Bonchev–Trinajstić information content (AvgIpc) is 1.66. The molecule has 0 radical (unpaired) electrons. The van der Waals surface area contributed by atoms with Gasteiger partial charge in [0, 0.05) is 12.8 Å². The third-order valence-electron chi connectivity index (χ3n) is 0.669. The number of hydrogen-bond donors (Lipinski definition) is 0. The van der Waals surface area contributed by atoms with Crippen LogP contribution in [-0.2, 0) is 0 Å². The van der Waals surface area contributed by atoms with E-state index in [0.717, 1.165) is 6.54 Å². The molecule has 0 saturated heterocycles. The summed E-state index contributed by atoms with van der Waals surface area (Å²) in [5, 5.41) is 0. The first-order chi connectivity index (χ1) is 3.77. The Kier molecular flexibility index (Phi) is 4.51. The molecule has 0 rings (SSSR count). The van der Waals surface area contributed by atoms with Gasteiger partial charge in [-0.3, -0.25) is 4.99 Å². The third-order valence-corrected chi connectivity index (χ3v) is 0.669. The summed E-state index contributed by atoms with van der Waals surface area (Å²) in [4.78, 5) is 3.79. The zero-order chi connectivity index (χ0) is 6.41. The molecule has 0 amide bonds. The summed E-state index contributed by atoms with van der Waals surface area (Å²) in [7, 11) is 0. The van der Waals surface area contributed by atoms with Gasteiger partial charge in [-0.25, -0.2) is 4.39 Å². The van der Waals surface area contributed by atoms with Crippen molar-refractivity contribution in [3.63, 3.8) is 0 Å². The number of rotatable bonds is 3. The Morgan fingerprint density at radius 1 is 1.62 bits per heavy atom. The zero-order valence-corrected chi connectivity index (χ0v) is 5.39. The minimum Gasteiger partial charge on any atom is -0.295 e. The van der Waals surface area contributed by atoms with Crippen molar-refractivity contribution in [2.45, 2.75) is 13.8 Å². The van der Waals surface area contributed by atoms with Crippen molar-refractivity contribution < 1.29 is 4.39 Å². The van der Waals surface area contributed by atoms with E-state index in [4.69, 9.17) is 0 Å². The van der Waals surface area contributed by atoms with Gasteiger partial charge in [-0.2, -0.15) is 0 Å². The fraction of sp³-hybridized carbons (Fsp3) is 0.833. The summed E-state index contributed by atoms with van der Waals surface area (Å²) in [6, 6.07) is 0. The molecule has 8 heavy (non-hydrogen) atoms. The molecule has 0 aromatic carbocycles. The molecule has 1 nitrogen and oxygen atoms in total. The topological polar surface area (TPSA) is 12.4 Å². The lowest BCUT2D eigenvalue weighted by Crippen LogP contribution is -1.92. The van der Waals surface area contributed by atoms with Gasteiger partial charge in [-0.15, -0.1) is 0 Å². The van der Waals surface area contributed by atoms with E-state index in [1.807, 2.05) is 0 Å². The first kappa shape index (κ1) is 7.60. The Labute approximate surface area is 49.6 Å². The van der Waals surface area contributed by atoms with Crippen LogP contribution in [-0.4, -0.2) is 19.4 Å². The highest BCUT2D eigenvalue weighted by Crippen LogP contribution is 1.89. The van der Waals surface area contributed by atoms with Crippen LogP contribution < -0.4 is 0 Å². The molecule has 0 aromatic rings. The second kappa shape index (κ2) is 4.75. The molecule has 0 aromatic heterocycles. The fourth-order valence-electron chi connectivity index (χ4n) is 0.334. The van der Waals surface area contributed by atoms with Crippen LogP contribution in [0.2, 0.25) is 0 Å². The second-order valence-electron chi connectivity index (χ2n) is 2.10. The Hall–Kier alpha value is -0.400. The SMILES string of the molecule is CC(C)CN=CCF. The normalized spacial score (nSPS) is 11.5. The summed E-state index contributed by atoms with van der Waals surface area (Å²) < 4.78 is 11.3. The van der Waals surface area contributed by atoms with Crippen LogP contribution in [0.25, 0.3) is 0 Å². The quantitative estimate of drug-likeness (QED) is 0.499. The van der Waals surface area contributed by atoms with Crippen molar-refractivity contribution in [3.8, 4) is 0 Å². The van der Waals surface area contributed by atoms with Gasteiger partial charge in [0.1, 0.15) is 6.67 Å². The van der Waals surface area contributed by atoms with Gasteiger partial charge in [0.05, 0.1) is 0 Å². The molecular weight excluding hydrogens is 105 g/mol. The Morgan fingerprint density at radius 2 is 2.25 bits per heavy atom. The Balaban J connectivity index is 3.03. The summed E-state index contributed by atoms with van der Waals surface area (Å²) in [5.74, 6) is 0.540. The van der Waals surface area contributed by atoms with Crippen LogP contribution in [0.15, 0.2) is 4.99 Å². The van der Waals surface area contributed by atoms with Crippen LogP contribution in [0, 0.1) is 5.92 Å². The predicted molar refractivity (Wildman–Crippen MR) is 34.2 cm³/mol. The molecule has 0 unspecified atom stereocenters. The maximum absolute atomic E-state index is 11.3. The van der Waals surface area contributed by atoms with E-state index in [0.29, 0.717) is 5.92 Å². The van der Waals surface area contributed by atoms with Crippen LogP contribution in [0.5, 0.6) is 0 Å². The van der Waals surface area contributed by atoms with Gasteiger partial charge in [0.2, 0.25) is 0 Å². The standard InChI is InChI=1S/C6H12FN/c1-6(2)5-8-4-3-7/h4,6H,3,5H2,1-2H3. The zero-order valence-electron chi connectivity index (χ0n) is 5.39. The fourth-order valence-corrected chi connectivity index (χ4v) is 0.334. The summed E-state index contributed by atoms with van der Waals surface area (Å²) in [5.41, 5.74) is 0. The van der Waals surface area contributed by atoms with E-state index in [2.05, 4.69) is 18.8 Å². The van der Waals surface area contributed by atoms with Gasteiger partial charge in [0.25, 0.3) is 0 Å². The van der Waals surface area contributed by atoms with Gasteiger partial charge < -0.3 is 0 Å². The number of alkyl halides is 1. The molecule has 0 heterocycles. The molecule has 0 saturated carbocycles. The molecule has 2 heteroatoms. The van der Waals surface area contributed by atoms with Crippen molar-refractivity contribution in [2.24, 2.45) is 10.9 Å². The minimum atomic E-state index is -0.438. The number of hydrogen-bond acceptors (Lipinski definition) is 1. The van der Waals surface area contributed by atoms with Crippen LogP contribution in [0.1, 0.15) is 13.8 Å². The second-order valence-corrected chi connectivity index (χ2v) is 2.10. The third kappa shape index (κ3) is 5.60. The smallest absolute Gasteiger partial charge is 0.124 e. The van der Waals surface area contributed by atoms with E-state index in [-0.39, 0.29) is 0 Å². The maximum Gasteiger partial charge on any atom is 0.124 e. The molecule has 0 N–H and O–H groups in total. The Morgan fingerprint density at radius 3 is 2.62 bits per heavy atom. The van der Waals surface area contributed by atoms with E-state index in [1.165, 1.54) is 6.21 Å². The lowest BCUT2D eigenvalue weighted by atomic mass is 10.2. The van der Waals surface area contributed by atoms with Gasteiger partial charge >= 0.3 is 0 Å². The first-order valence-electron chi connectivity index (χ1n) is 2.81. The monoisotopic (exact) mass is 117 g/mol. The first-order valence-corrected chi connectivity index (χ1v) is 2.81. The largest absolute Gasteiger partial charge is 0.295 e. The number of aliphatic imine (C=N–C) groups is 1. The Bertz CT molecular complexity index is 68.9. The van der Waals surface area contributed by atoms with Crippen LogP contribution >= 0.6 is 0 Å². The lowest BCUT2D eigenvalue weighted by Gasteiger charge is -1.94. The molecule has 0 fully saturated rings. The molecular formula is C6H12FN. The van der Waals surface area contributed by atoms with Gasteiger partial charge in [0.15, 0.2) is 0 Å². The van der Waals surface area contributed by atoms with Gasteiger partial charge in [-0.1, -0.05) is 13.8 Å². The van der Waals surface area contributed by atoms with Crippen molar-refractivity contribution in [1.29, 1.82) is 0 Å². The van der Waals surface area contributed by atoms with Crippen LogP contribution in [0.3, 0.4) is 0 Å². The van der Waals surface area contributed by atoms with E-state index in [1.54, 1.807) is 0 Å². The molecule has 0 aliphatic rings. The van der Waals surface area contributed by atoms with E-state index in [9.17, 15) is 4.39 Å². The summed E-state index contributed by atoms with van der Waals surface area (Å²) in [6.45, 7) is 4.40. The van der Waals surface area contributed by atoms with Crippen molar-refractivity contribution in [2.75, 3.05) is 13.2 Å². The maximum atomic E-state index is 11.3. The van der Waals surface area contributed by atoms with Gasteiger partial charge in [-0.05, 0) is 5.92 Å². The van der Waals surface area contributed by atoms with Crippen LogP contribution in [0.4, 0.5) is 4.39 Å². The summed E-state index contributed by atoms with van der Waals surface area (Å²) in [6.07, 6.45) is 1.31. The average molecular weight is 117 g/mol. The highest BCUT2D eigenvalue weighted by molar-refractivity contribution is 5.58. The molecule has 0 bridgehead atoms. The molecule has 0 spiro atoms. The molecule has 0 aliphatic heterocycles.